The molecule has 1 aromatic rings. The predicted molar refractivity (Wildman–Crippen MR) is 60.7 cm³/mol. The van der Waals surface area contributed by atoms with Crippen LogP contribution < -0.4 is 0 Å². The molecule has 1 N–H and O–H groups in total. The van der Waals surface area contributed by atoms with Crippen LogP contribution in [-0.2, 0) is 0 Å². The molecule has 1 rings (SSSR count). The maximum Gasteiger partial charge on any atom is 0.0790 e. The summed E-state index contributed by atoms with van der Waals surface area (Å²) in [6.45, 7) is 4.08. The molecule has 0 aliphatic carbocycles. The minimum atomic E-state index is -0.368. The van der Waals surface area contributed by atoms with Crippen molar-refractivity contribution in [1.82, 2.24) is 0 Å². The summed E-state index contributed by atoms with van der Waals surface area (Å²) in [5.41, 5.74) is 1.98. The van der Waals surface area contributed by atoms with Gasteiger partial charge in [-0.15, -0.1) is 0 Å². The zero-order valence-corrected chi connectivity index (χ0v) is 9.51. The van der Waals surface area contributed by atoms with Gasteiger partial charge >= 0.3 is 0 Å². The van der Waals surface area contributed by atoms with Crippen LogP contribution >= 0.6 is 11.6 Å². The second-order valence-electron chi connectivity index (χ2n) is 3.67. The normalized spacial score (nSPS) is 12.9. The van der Waals surface area contributed by atoms with Crippen molar-refractivity contribution in [2.24, 2.45) is 0 Å². The molecule has 0 saturated heterocycles. The summed E-state index contributed by atoms with van der Waals surface area (Å²) >= 11 is 5.98. The van der Waals surface area contributed by atoms with E-state index in [2.05, 4.69) is 6.92 Å². The lowest BCUT2D eigenvalue weighted by Gasteiger charge is -2.11. The first kappa shape index (κ1) is 11.5. The molecule has 78 valence electrons. The number of unbranched alkanes of at least 4 members (excludes halogenated alkanes) is 1. The lowest BCUT2D eigenvalue weighted by atomic mass is 10.0. The van der Waals surface area contributed by atoms with E-state index >= 15 is 0 Å². The van der Waals surface area contributed by atoms with E-state index in [4.69, 9.17) is 11.6 Å². The highest BCUT2D eigenvalue weighted by molar-refractivity contribution is 6.31. The lowest BCUT2D eigenvalue weighted by Crippen LogP contribution is -1.97. The summed E-state index contributed by atoms with van der Waals surface area (Å²) < 4.78 is 0. The van der Waals surface area contributed by atoms with Crippen molar-refractivity contribution in [3.8, 4) is 0 Å². The van der Waals surface area contributed by atoms with Crippen LogP contribution in [0.15, 0.2) is 18.2 Å². The van der Waals surface area contributed by atoms with E-state index < -0.39 is 0 Å². The third-order valence-electron chi connectivity index (χ3n) is 2.41. The second-order valence-corrected chi connectivity index (χ2v) is 4.07. The molecule has 0 fully saturated rings. The van der Waals surface area contributed by atoms with E-state index in [9.17, 15) is 5.11 Å². The van der Waals surface area contributed by atoms with Gasteiger partial charge in [0.25, 0.3) is 0 Å². The molecule has 2 heteroatoms. The summed E-state index contributed by atoms with van der Waals surface area (Å²) in [6, 6.07) is 5.76. The topological polar surface area (TPSA) is 20.2 Å². The SMILES string of the molecule is CCCCC(O)c1ccc(C)c(Cl)c1. The zero-order valence-electron chi connectivity index (χ0n) is 8.76. The molecule has 0 aliphatic heterocycles. The molecule has 1 unspecified atom stereocenters. The van der Waals surface area contributed by atoms with E-state index in [-0.39, 0.29) is 6.10 Å². The Morgan fingerprint density at radius 1 is 1.43 bits per heavy atom. The van der Waals surface area contributed by atoms with Crippen molar-refractivity contribution >= 4 is 11.6 Å². The first-order valence-electron chi connectivity index (χ1n) is 5.09. The Labute approximate surface area is 90.7 Å². The van der Waals surface area contributed by atoms with Gasteiger partial charge in [-0.3, -0.25) is 0 Å². The molecule has 0 heterocycles. The van der Waals surface area contributed by atoms with E-state index in [0.717, 1.165) is 35.4 Å². The first-order chi connectivity index (χ1) is 6.65. The fourth-order valence-electron chi connectivity index (χ4n) is 1.38. The van der Waals surface area contributed by atoms with Crippen molar-refractivity contribution in [2.45, 2.75) is 39.2 Å². The smallest absolute Gasteiger partial charge is 0.0790 e. The Hall–Kier alpha value is -0.530. The highest BCUT2D eigenvalue weighted by Gasteiger charge is 2.07. The third kappa shape index (κ3) is 3.00. The fourth-order valence-corrected chi connectivity index (χ4v) is 1.57. The van der Waals surface area contributed by atoms with Crippen LogP contribution in [0.25, 0.3) is 0 Å². The van der Waals surface area contributed by atoms with Gasteiger partial charge in [0, 0.05) is 5.02 Å². The Morgan fingerprint density at radius 2 is 2.14 bits per heavy atom. The fraction of sp³-hybridized carbons (Fsp3) is 0.500. The first-order valence-corrected chi connectivity index (χ1v) is 5.47. The Morgan fingerprint density at radius 3 is 2.71 bits per heavy atom. The zero-order chi connectivity index (χ0) is 10.6. The van der Waals surface area contributed by atoms with Gasteiger partial charge < -0.3 is 5.11 Å². The summed E-state index contributed by atoms with van der Waals surface area (Å²) in [5.74, 6) is 0. The van der Waals surface area contributed by atoms with Crippen molar-refractivity contribution in [3.63, 3.8) is 0 Å². The van der Waals surface area contributed by atoms with Crippen LogP contribution in [0.1, 0.15) is 43.4 Å². The van der Waals surface area contributed by atoms with Crippen LogP contribution in [0.3, 0.4) is 0 Å². The van der Waals surface area contributed by atoms with Crippen molar-refractivity contribution in [1.29, 1.82) is 0 Å². The Kier molecular flexibility index (Phi) is 4.43. The lowest BCUT2D eigenvalue weighted by molar-refractivity contribution is 0.164. The van der Waals surface area contributed by atoms with E-state index in [0.29, 0.717) is 0 Å². The van der Waals surface area contributed by atoms with Crippen LogP contribution in [0.2, 0.25) is 5.02 Å². The van der Waals surface area contributed by atoms with Gasteiger partial charge in [0.05, 0.1) is 6.10 Å². The Bertz CT molecular complexity index is 296. The third-order valence-corrected chi connectivity index (χ3v) is 2.82. The number of rotatable bonds is 4. The number of halogens is 1. The van der Waals surface area contributed by atoms with Crippen LogP contribution in [0.4, 0.5) is 0 Å². The van der Waals surface area contributed by atoms with E-state index in [1.807, 2.05) is 25.1 Å². The van der Waals surface area contributed by atoms with Crippen LogP contribution in [0.5, 0.6) is 0 Å². The number of hydrogen-bond donors (Lipinski definition) is 1. The summed E-state index contributed by atoms with van der Waals surface area (Å²) in [7, 11) is 0. The molecule has 0 bridgehead atoms. The maximum atomic E-state index is 9.81. The minimum Gasteiger partial charge on any atom is -0.388 e. The summed E-state index contributed by atoms with van der Waals surface area (Å²) in [5, 5.41) is 10.5. The predicted octanol–water partition coefficient (Wildman–Crippen LogP) is 3.87. The molecule has 0 aliphatic rings. The minimum absolute atomic E-state index is 0.368. The molecule has 1 aromatic carbocycles. The van der Waals surface area contributed by atoms with Crippen molar-refractivity contribution in [3.05, 3.63) is 34.3 Å². The Balaban J connectivity index is 2.70. The monoisotopic (exact) mass is 212 g/mol. The highest BCUT2D eigenvalue weighted by Crippen LogP contribution is 2.24. The molecule has 1 nitrogen and oxygen atoms in total. The van der Waals surface area contributed by atoms with Gasteiger partial charge in [0.1, 0.15) is 0 Å². The van der Waals surface area contributed by atoms with Gasteiger partial charge in [-0.2, -0.15) is 0 Å². The molecule has 1 atom stereocenters. The van der Waals surface area contributed by atoms with Crippen molar-refractivity contribution < 1.29 is 5.11 Å². The molecule has 0 radical (unpaired) electrons. The average molecular weight is 213 g/mol. The quantitative estimate of drug-likeness (QED) is 0.804. The van der Waals surface area contributed by atoms with Crippen LogP contribution in [0, 0.1) is 6.92 Å². The molecule has 0 saturated carbocycles. The highest BCUT2D eigenvalue weighted by atomic mass is 35.5. The van der Waals surface area contributed by atoms with E-state index in [1.54, 1.807) is 0 Å². The summed E-state index contributed by atoms with van der Waals surface area (Å²) in [6.07, 6.45) is 2.60. The maximum absolute atomic E-state index is 9.81. The largest absolute Gasteiger partial charge is 0.388 e. The molecule has 0 amide bonds. The van der Waals surface area contributed by atoms with Crippen LogP contribution in [-0.4, -0.2) is 5.11 Å². The number of aryl methyl sites for hydroxylation is 1. The summed E-state index contributed by atoms with van der Waals surface area (Å²) in [4.78, 5) is 0. The molecule has 14 heavy (non-hydrogen) atoms. The number of benzene rings is 1. The van der Waals surface area contributed by atoms with Gasteiger partial charge in [-0.25, -0.2) is 0 Å². The van der Waals surface area contributed by atoms with Crippen molar-refractivity contribution in [2.75, 3.05) is 0 Å². The molecular weight excluding hydrogens is 196 g/mol. The number of hydrogen-bond acceptors (Lipinski definition) is 1. The van der Waals surface area contributed by atoms with Gasteiger partial charge in [-0.1, -0.05) is 43.5 Å². The van der Waals surface area contributed by atoms with Gasteiger partial charge in [0.2, 0.25) is 0 Å². The number of aliphatic hydroxyl groups excluding tert-OH is 1. The standard InChI is InChI=1S/C12H17ClO/c1-3-4-5-12(14)10-7-6-9(2)11(13)8-10/h6-8,12,14H,3-5H2,1-2H3. The molecule has 0 aromatic heterocycles. The van der Waals surface area contributed by atoms with Gasteiger partial charge in [-0.05, 0) is 30.5 Å². The molecule has 0 spiro atoms. The van der Waals surface area contributed by atoms with Gasteiger partial charge in [0.15, 0.2) is 0 Å². The molecular formula is C12H17ClO. The van der Waals surface area contributed by atoms with E-state index in [1.165, 1.54) is 0 Å². The average Bonchev–Trinajstić information content (AvgIpc) is 2.18. The second kappa shape index (κ2) is 5.38. The number of aliphatic hydroxyl groups is 1.